The maximum absolute atomic E-state index is 12.6. The lowest BCUT2D eigenvalue weighted by molar-refractivity contribution is 0.0939. The zero-order valence-electron chi connectivity index (χ0n) is 18.8. The molecule has 4 rings (SSSR count). The first-order chi connectivity index (χ1) is 15.9. The molecule has 0 fully saturated rings. The van der Waals surface area contributed by atoms with E-state index in [2.05, 4.69) is 5.32 Å². The summed E-state index contributed by atoms with van der Waals surface area (Å²) in [5.41, 5.74) is 2.46. The molecule has 1 N–H and O–H groups in total. The molecule has 0 radical (unpaired) electrons. The number of carbonyl (C=O) groups excluding carboxylic acids is 1. The van der Waals surface area contributed by atoms with Crippen LogP contribution >= 0.6 is 0 Å². The summed E-state index contributed by atoms with van der Waals surface area (Å²) in [4.78, 5) is 26.2. The zero-order chi connectivity index (χ0) is 23.4. The molecule has 7 nitrogen and oxygen atoms in total. The van der Waals surface area contributed by atoms with Crippen LogP contribution in [0.15, 0.2) is 80.6 Å². The van der Waals surface area contributed by atoms with Crippen molar-refractivity contribution in [3.05, 3.63) is 99.8 Å². The van der Waals surface area contributed by atoms with Crippen molar-refractivity contribution in [2.75, 3.05) is 20.6 Å². The first-order valence-corrected chi connectivity index (χ1v) is 10.6. The van der Waals surface area contributed by atoms with Crippen molar-refractivity contribution in [2.24, 2.45) is 0 Å². The Kier molecular flexibility index (Phi) is 6.60. The van der Waals surface area contributed by atoms with Crippen LogP contribution in [0.25, 0.3) is 11.0 Å². The SMILES string of the molecule is Cc1cc(=O)oc2cc(OCc3ccc(C(=O)NC[C@@H](c4ccco4)N(C)C)cc3)ccc12. The molecule has 0 aliphatic heterocycles. The number of aryl methyl sites for hydroxylation is 1. The van der Waals surface area contributed by atoms with E-state index in [0.29, 0.717) is 30.0 Å². The number of amides is 1. The van der Waals surface area contributed by atoms with Gasteiger partial charge in [-0.15, -0.1) is 0 Å². The maximum atomic E-state index is 12.6. The molecular weight excluding hydrogens is 420 g/mol. The fourth-order valence-electron chi connectivity index (χ4n) is 3.62. The first-order valence-electron chi connectivity index (χ1n) is 10.6. The van der Waals surface area contributed by atoms with Crippen LogP contribution in [0.3, 0.4) is 0 Å². The van der Waals surface area contributed by atoms with Gasteiger partial charge in [0.25, 0.3) is 5.91 Å². The molecule has 0 saturated heterocycles. The second-order valence-corrected chi connectivity index (χ2v) is 8.10. The fraction of sp³-hybridized carbons (Fsp3) is 0.231. The zero-order valence-corrected chi connectivity index (χ0v) is 18.8. The number of benzene rings is 2. The molecule has 0 bridgehead atoms. The first kappa shape index (κ1) is 22.4. The summed E-state index contributed by atoms with van der Waals surface area (Å²) in [7, 11) is 3.89. The molecule has 1 amide bonds. The lowest BCUT2D eigenvalue weighted by Gasteiger charge is -2.22. The molecule has 7 heteroatoms. The van der Waals surface area contributed by atoms with Gasteiger partial charge in [-0.1, -0.05) is 12.1 Å². The number of furan rings is 1. The second-order valence-electron chi connectivity index (χ2n) is 8.10. The van der Waals surface area contributed by atoms with Crippen molar-refractivity contribution in [1.29, 1.82) is 0 Å². The number of nitrogens with zero attached hydrogens (tertiary/aromatic N) is 1. The lowest BCUT2D eigenvalue weighted by atomic mass is 10.1. The van der Waals surface area contributed by atoms with Crippen LogP contribution in [0.2, 0.25) is 0 Å². The van der Waals surface area contributed by atoms with Crippen molar-refractivity contribution in [3.8, 4) is 5.75 Å². The molecule has 170 valence electrons. The molecule has 0 unspecified atom stereocenters. The summed E-state index contributed by atoms with van der Waals surface area (Å²) in [6.07, 6.45) is 1.63. The van der Waals surface area contributed by atoms with Crippen molar-refractivity contribution in [3.63, 3.8) is 0 Å². The molecule has 1 atom stereocenters. The van der Waals surface area contributed by atoms with Gasteiger partial charge in [-0.3, -0.25) is 9.69 Å². The van der Waals surface area contributed by atoms with Crippen LogP contribution in [0.4, 0.5) is 0 Å². The Morgan fingerprint density at radius 3 is 2.58 bits per heavy atom. The van der Waals surface area contributed by atoms with Gasteiger partial charge in [0.05, 0.1) is 12.3 Å². The number of ether oxygens (including phenoxy) is 1. The predicted octanol–water partition coefficient (Wildman–Crippen LogP) is 4.31. The lowest BCUT2D eigenvalue weighted by Crippen LogP contribution is -2.34. The third kappa shape index (κ3) is 5.32. The highest BCUT2D eigenvalue weighted by Crippen LogP contribution is 2.23. The summed E-state index contributed by atoms with van der Waals surface area (Å²) in [6.45, 7) is 2.63. The van der Waals surface area contributed by atoms with Gasteiger partial charge in [-0.05, 0) is 68.5 Å². The minimum atomic E-state index is -0.382. The van der Waals surface area contributed by atoms with Gasteiger partial charge in [0, 0.05) is 29.6 Å². The number of rotatable bonds is 8. The Balaban J connectivity index is 1.35. The number of carbonyl (C=O) groups is 1. The summed E-state index contributed by atoms with van der Waals surface area (Å²) >= 11 is 0. The molecular formula is C26H26N2O5. The second kappa shape index (κ2) is 9.75. The van der Waals surface area contributed by atoms with E-state index in [4.69, 9.17) is 13.6 Å². The quantitative estimate of drug-likeness (QED) is 0.406. The van der Waals surface area contributed by atoms with Gasteiger partial charge in [0.1, 0.15) is 23.7 Å². The topological polar surface area (TPSA) is 84.9 Å². The highest BCUT2D eigenvalue weighted by atomic mass is 16.5. The molecule has 0 aliphatic carbocycles. The largest absolute Gasteiger partial charge is 0.489 e. The summed E-state index contributed by atoms with van der Waals surface area (Å²) in [5.74, 6) is 1.25. The van der Waals surface area contributed by atoms with E-state index in [9.17, 15) is 9.59 Å². The van der Waals surface area contributed by atoms with Crippen molar-refractivity contribution in [1.82, 2.24) is 10.2 Å². The van der Waals surface area contributed by atoms with E-state index < -0.39 is 0 Å². The van der Waals surface area contributed by atoms with Gasteiger partial charge in [0.2, 0.25) is 0 Å². The molecule has 4 aromatic rings. The van der Waals surface area contributed by atoms with Crippen LogP contribution in [0, 0.1) is 6.92 Å². The van der Waals surface area contributed by atoms with Crippen molar-refractivity contribution in [2.45, 2.75) is 19.6 Å². The van der Waals surface area contributed by atoms with Gasteiger partial charge in [-0.2, -0.15) is 0 Å². The van der Waals surface area contributed by atoms with Gasteiger partial charge >= 0.3 is 5.63 Å². The van der Waals surface area contributed by atoms with Crippen LogP contribution in [-0.2, 0) is 6.61 Å². The van der Waals surface area contributed by atoms with Crippen LogP contribution in [-0.4, -0.2) is 31.4 Å². The van der Waals surface area contributed by atoms with Gasteiger partial charge in [-0.25, -0.2) is 4.79 Å². The molecule has 0 saturated carbocycles. The molecule has 0 aliphatic rings. The number of hydrogen-bond donors (Lipinski definition) is 1. The maximum Gasteiger partial charge on any atom is 0.336 e. The summed E-state index contributed by atoms with van der Waals surface area (Å²) in [6, 6.07) is 17.8. The predicted molar refractivity (Wildman–Crippen MR) is 125 cm³/mol. The third-order valence-corrected chi connectivity index (χ3v) is 5.50. The molecule has 2 aromatic heterocycles. The number of likely N-dealkylation sites (N-methyl/N-ethyl adjacent to an activating group) is 1. The highest BCUT2D eigenvalue weighted by Gasteiger charge is 2.18. The van der Waals surface area contributed by atoms with Crippen molar-refractivity contribution < 1.29 is 18.4 Å². The summed E-state index contributed by atoms with van der Waals surface area (Å²) < 4.78 is 16.6. The average Bonchev–Trinajstić information content (AvgIpc) is 3.32. The van der Waals surface area contributed by atoms with E-state index in [1.807, 2.05) is 62.3 Å². The number of hydrogen-bond acceptors (Lipinski definition) is 6. The van der Waals surface area contributed by atoms with Gasteiger partial charge < -0.3 is 18.9 Å². The van der Waals surface area contributed by atoms with Crippen LogP contribution in [0.5, 0.6) is 5.75 Å². The monoisotopic (exact) mass is 446 g/mol. The molecule has 0 spiro atoms. The molecule has 2 heterocycles. The Labute approximate surface area is 191 Å². The Morgan fingerprint density at radius 1 is 1.09 bits per heavy atom. The Hall–Kier alpha value is -3.84. The highest BCUT2D eigenvalue weighted by molar-refractivity contribution is 5.94. The van der Waals surface area contributed by atoms with Gasteiger partial charge in [0.15, 0.2) is 0 Å². The fourth-order valence-corrected chi connectivity index (χ4v) is 3.62. The smallest absolute Gasteiger partial charge is 0.336 e. The molecule has 2 aromatic carbocycles. The molecule has 33 heavy (non-hydrogen) atoms. The van der Waals surface area contributed by atoms with Crippen molar-refractivity contribution >= 4 is 16.9 Å². The van der Waals surface area contributed by atoms with E-state index in [1.54, 1.807) is 24.5 Å². The summed E-state index contributed by atoms with van der Waals surface area (Å²) in [5, 5.41) is 3.84. The average molecular weight is 447 g/mol. The third-order valence-electron chi connectivity index (χ3n) is 5.50. The standard InChI is InChI=1S/C26H26N2O5/c1-17-13-25(29)33-24-14-20(10-11-21(17)24)32-16-18-6-8-19(9-7-18)26(30)27-15-22(28(2)3)23-5-4-12-31-23/h4-14,22H,15-16H2,1-3H3,(H,27,30)/t22-/m0/s1. The van der Waals surface area contributed by atoms with E-state index >= 15 is 0 Å². The Morgan fingerprint density at radius 2 is 1.88 bits per heavy atom. The van der Waals surface area contributed by atoms with E-state index in [1.165, 1.54) is 6.07 Å². The van der Waals surface area contributed by atoms with Crippen LogP contribution < -0.4 is 15.7 Å². The van der Waals surface area contributed by atoms with E-state index in [-0.39, 0.29) is 17.6 Å². The Bertz CT molecular complexity index is 1290. The minimum absolute atomic E-state index is 0.0493. The normalized spacial score (nSPS) is 12.1. The number of fused-ring (bicyclic) bond motifs is 1. The van der Waals surface area contributed by atoms with E-state index in [0.717, 1.165) is 22.3 Å². The number of nitrogens with one attached hydrogen (secondary N) is 1. The minimum Gasteiger partial charge on any atom is -0.489 e. The van der Waals surface area contributed by atoms with Crippen LogP contribution in [0.1, 0.15) is 33.3 Å².